The van der Waals surface area contributed by atoms with Gasteiger partial charge in [-0.15, -0.1) is 0 Å². The zero-order chi connectivity index (χ0) is 24.4. The van der Waals surface area contributed by atoms with Crippen LogP contribution in [0.4, 0.5) is 14.5 Å². The number of hydrogen-bond acceptors (Lipinski definition) is 8. The highest BCUT2D eigenvalue weighted by molar-refractivity contribution is 14.1. The summed E-state index contributed by atoms with van der Waals surface area (Å²) in [6.07, 6.45) is 0. The molecule has 32 heavy (non-hydrogen) atoms. The van der Waals surface area contributed by atoms with Gasteiger partial charge in [0.05, 0.1) is 10.5 Å². The first kappa shape index (κ1) is 27.0. The quantitative estimate of drug-likeness (QED) is 0.0824. The Morgan fingerprint density at radius 3 is 2.28 bits per heavy atom. The number of nitro benzene ring substituents is 1. The first-order valence-electron chi connectivity index (χ1n) is 7.81. The number of hydrogen-bond donors (Lipinski definition) is 1. The van der Waals surface area contributed by atoms with Crippen LogP contribution in [0.3, 0.4) is 0 Å². The smallest absolute Gasteiger partial charge is 0.402 e. The van der Waals surface area contributed by atoms with E-state index in [0.29, 0.717) is 3.57 Å². The lowest BCUT2D eigenvalue weighted by Crippen LogP contribution is -2.34. The largest absolute Gasteiger partial charge is 0.454 e. The SMILES string of the molecule is O=C(OCC(F)(F)S(=O)(=O)O)c1cc(OC(=O)c2cc(I)cc(I)c2I)ccc1[N+](=O)[O-]. The van der Waals surface area contributed by atoms with Crippen LogP contribution in [0, 0.1) is 20.8 Å². The van der Waals surface area contributed by atoms with Gasteiger partial charge in [-0.3, -0.25) is 14.7 Å². The summed E-state index contributed by atoms with van der Waals surface area (Å²) < 4.78 is 67.6. The number of halogens is 5. The molecule has 0 saturated heterocycles. The van der Waals surface area contributed by atoms with Gasteiger partial charge in [0, 0.05) is 22.8 Å². The predicted molar refractivity (Wildman–Crippen MR) is 129 cm³/mol. The van der Waals surface area contributed by atoms with Gasteiger partial charge in [0.2, 0.25) is 0 Å². The van der Waals surface area contributed by atoms with Crippen LogP contribution in [0.25, 0.3) is 0 Å². The van der Waals surface area contributed by atoms with E-state index in [1.807, 2.05) is 73.8 Å². The molecule has 2 rings (SSSR count). The van der Waals surface area contributed by atoms with Crippen molar-refractivity contribution in [2.75, 3.05) is 6.61 Å². The molecule has 2 aromatic rings. The molecule has 0 saturated carbocycles. The molecule has 0 bridgehead atoms. The van der Waals surface area contributed by atoms with E-state index in [9.17, 15) is 36.9 Å². The van der Waals surface area contributed by atoms with E-state index in [0.717, 1.165) is 25.3 Å². The van der Waals surface area contributed by atoms with Crippen molar-refractivity contribution in [2.45, 2.75) is 5.25 Å². The third-order valence-electron chi connectivity index (χ3n) is 3.56. The molecule has 0 heterocycles. The lowest BCUT2D eigenvalue weighted by molar-refractivity contribution is -0.385. The molecule has 2 aromatic carbocycles. The molecule has 0 atom stereocenters. The first-order chi connectivity index (χ1) is 14.6. The minimum atomic E-state index is -5.89. The van der Waals surface area contributed by atoms with E-state index in [2.05, 4.69) is 4.74 Å². The summed E-state index contributed by atoms with van der Waals surface area (Å²) in [4.78, 5) is 34.8. The summed E-state index contributed by atoms with van der Waals surface area (Å²) in [5.41, 5.74) is -1.57. The van der Waals surface area contributed by atoms with Gasteiger partial charge in [0.25, 0.3) is 5.69 Å². The van der Waals surface area contributed by atoms with Gasteiger partial charge in [-0.1, -0.05) is 0 Å². The Labute approximate surface area is 219 Å². The van der Waals surface area contributed by atoms with Crippen LogP contribution in [-0.2, 0) is 14.9 Å². The molecule has 172 valence electrons. The predicted octanol–water partition coefficient (Wildman–Crippen LogP) is 4.27. The standard InChI is InChI=1S/C16H8F2I3NO9S/c17-16(18,32(27,28)29)6-30-14(23)9-5-8(1-2-12(9)22(25)26)31-15(24)10-3-7(19)4-11(20)13(10)21/h1-5H,6H2,(H,27,28,29). The molecule has 0 aliphatic rings. The maximum atomic E-state index is 13.3. The van der Waals surface area contributed by atoms with Gasteiger partial charge in [0.1, 0.15) is 11.3 Å². The second kappa shape index (κ2) is 10.3. The normalized spacial score (nSPS) is 11.7. The molecule has 10 nitrogen and oxygen atoms in total. The Balaban J connectivity index is 2.35. The molecule has 0 aliphatic heterocycles. The van der Waals surface area contributed by atoms with Crippen molar-refractivity contribution in [2.24, 2.45) is 0 Å². The molecule has 1 N–H and O–H groups in total. The van der Waals surface area contributed by atoms with Crippen molar-refractivity contribution in [3.63, 3.8) is 0 Å². The maximum absolute atomic E-state index is 13.3. The van der Waals surface area contributed by atoms with Crippen LogP contribution in [-0.4, -0.2) is 41.7 Å². The van der Waals surface area contributed by atoms with Gasteiger partial charge >= 0.3 is 27.3 Å². The lowest BCUT2D eigenvalue weighted by Gasteiger charge is -2.13. The third-order valence-corrected chi connectivity index (χ3v) is 8.10. The van der Waals surface area contributed by atoms with E-state index < -0.39 is 50.1 Å². The van der Waals surface area contributed by atoms with E-state index in [-0.39, 0.29) is 11.3 Å². The molecule has 0 unspecified atom stereocenters. The van der Waals surface area contributed by atoms with Crippen LogP contribution in [0.15, 0.2) is 30.3 Å². The van der Waals surface area contributed by atoms with Crippen molar-refractivity contribution in [1.82, 2.24) is 0 Å². The maximum Gasteiger partial charge on any atom is 0.402 e. The number of alkyl halides is 2. The Morgan fingerprint density at radius 2 is 1.72 bits per heavy atom. The zero-order valence-corrected chi connectivity index (χ0v) is 22.3. The van der Waals surface area contributed by atoms with E-state index in [4.69, 9.17) is 9.29 Å². The van der Waals surface area contributed by atoms with E-state index in [1.54, 1.807) is 0 Å². The zero-order valence-electron chi connectivity index (χ0n) is 15.1. The molecule has 0 fully saturated rings. The molecule has 0 aliphatic carbocycles. The number of nitrogens with zero attached hydrogens (tertiary/aromatic N) is 1. The Bertz CT molecular complexity index is 1220. The summed E-state index contributed by atoms with van der Waals surface area (Å²) in [5, 5.41) is 6.33. The highest BCUT2D eigenvalue weighted by Gasteiger charge is 2.46. The summed E-state index contributed by atoms with van der Waals surface area (Å²) in [7, 11) is -5.89. The summed E-state index contributed by atoms with van der Waals surface area (Å²) >= 11 is 5.91. The van der Waals surface area contributed by atoms with Crippen molar-refractivity contribution in [1.29, 1.82) is 0 Å². The molecule has 0 amide bonds. The Kier molecular flexibility index (Phi) is 8.72. The average Bonchev–Trinajstić information content (AvgIpc) is 2.67. The van der Waals surface area contributed by atoms with Gasteiger partial charge in [-0.05, 0) is 86.0 Å². The second-order valence-electron chi connectivity index (χ2n) is 5.76. The minimum absolute atomic E-state index is 0.178. The van der Waals surface area contributed by atoms with Crippen LogP contribution in [0.2, 0.25) is 0 Å². The van der Waals surface area contributed by atoms with Crippen molar-refractivity contribution < 1.29 is 45.7 Å². The third kappa shape index (κ3) is 6.41. The number of carbonyl (C=O) groups is 2. The van der Waals surface area contributed by atoms with Crippen LogP contribution in [0.1, 0.15) is 20.7 Å². The molecule has 0 aromatic heterocycles. The molecule has 0 radical (unpaired) electrons. The summed E-state index contributed by atoms with van der Waals surface area (Å²) in [6.45, 7) is -2.09. The number of esters is 2. The van der Waals surface area contributed by atoms with Gasteiger partial charge in [-0.2, -0.15) is 17.2 Å². The first-order valence-corrected chi connectivity index (χ1v) is 12.5. The summed E-state index contributed by atoms with van der Waals surface area (Å²) in [5.74, 6) is -2.88. The lowest BCUT2D eigenvalue weighted by atomic mass is 10.1. The number of benzene rings is 2. The molecule has 16 heteroatoms. The average molecular weight is 809 g/mol. The monoisotopic (exact) mass is 809 g/mol. The molecule has 0 spiro atoms. The van der Waals surface area contributed by atoms with Gasteiger partial charge in [-0.25, -0.2) is 9.59 Å². The highest BCUT2D eigenvalue weighted by atomic mass is 127. The number of rotatable bonds is 7. The van der Waals surface area contributed by atoms with E-state index >= 15 is 0 Å². The molecular formula is C16H8F2I3NO9S. The van der Waals surface area contributed by atoms with Crippen molar-refractivity contribution in [3.8, 4) is 5.75 Å². The van der Waals surface area contributed by atoms with Crippen LogP contribution < -0.4 is 4.74 Å². The van der Waals surface area contributed by atoms with E-state index in [1.165, 1.54) is 6.07 Å². The Hall–Kier alpha value is -1.26. The van der Waals surface area contributed by atoms with Gasteiger partial charge in [0.15, 0.2) is 6.61 Å². The second-order valence-corrected chi connectivity index (χ2v) is 10.8. The van der Waals surface area contributed by atoms with Crippen molar-refractivity contribution in [3.05, 3.63) is 62.3 Å². The fourth-order valence-corrected chi connectivity index (χ4v) is 4.65. The van der Waals surface area contributed by atoms with Crippen LogP contribution in [0.5, 0.6) is 5.75 Å². The molecular weight excluding hydrogens is 801 g/mol. The topological polar surface area (TPSA) is 150 Å². The van der Waals surface area contributed by atoms with Crippen LogP contribution >= 0.6 is 67.8 Å². The number of carbonyl (C=O) groups excluding carboxylic acids is 2. The van der Waals surface area contributed by atoms with Crippen molar-refractivity contribution >= 4 is 95.5 Å². The fourth-order valence-electron chi connectivity index (χ4n) is 2.07. The Morgan fingerprint density at radius 1 is 1.09 bits per heavy atom. The number of ether oxygens (including phenoxy) is 2. The fraction of sp³-hybridized carbons (Fsp3) is 0.125. The number of nitro groups is 1. The highest BCUT2D eigenvalue weighted by Crippen LogP contribution is 2.29. The minimum Gasteiger partial charge on any atom is -0.454 e. The van der Waals surface area contributed by atoms with Gasteiger partial charge < -0.3 is 9.47 Å². The summed E-state index contributed by atoms with van der Waals surface area (Å²) in [6, 6.07) is 5.84.